The lowest BCUT2D eigenvalue weighted by Crippen LogP contribution is -3.14. The van der Waals surface area contributed by atoms with Gasteiger partial charge >= 0.3 is 5.91 Å². The molecule has 1 saturated carbocycles. The van der Waals surface area contributed by atoms with E-state index in [-0.39, 0.29) is 40.8 Å². The van der Waals surface area contributed by atoms with Crippen LogP contribution in [0, 0.1) is 5.21 Å². The smallest absolute Gasteiger partial charge is 0.312 e. The van der Waals surface area contributed by atoms with Crippen molar-refractivity contribution < 1.29 is 20.1 Å². The monoisotopic (exact) mass is 307 g/mol. The van der Waals surface area contributed by atoms with Crippen molar-refractivity contribution in [1.29, 1.82) is 0 Å². The molecule has 1 fully saturated rings. The van der Waals surface area contributed by atoms with Crippen molar-refractivity contribution in [2.24, 2.45) is 0 Å². The maximum Gasteiger partial charge on any atom is 0.312 e. The Morgan fingerprint density at radius 3 is 2.64 bits per heavy atom. The molecule has 1 aromatic rings. The van der Waals surface area contributed by atoms with E-state index in [0.717, 1.165) is 32.1 Å². The molecule has 2 atom stereocenters. The molecule has 1 aliphatic rings. The van der Waals surface area contributed by atoms with E-state index in [9.17, 15) is 20.2 Å². The van der Waals surface area contributed by atoms with Gasteiger partial charge in [-0.25, -0.2) is 4.79 Å². The second kappa shape index (κ2) is 7.61. The molecule has 122 valence electrons. The second-order valence-corrected chi connectivity index (χ2v) is 6.31. The summed E-state index contributed by atoms with van der Waals surface area (Å²) in [6.45, 7) is 1.91. The van der Waals surface area contributed by atoms with Crippen molar-refractivity contribution in [2.45, 2.75) is 63.8 Å². The third-order valence-electron chi connectivity index (χ3n) is 4.60. The molecule has 0 saturated heterocycles. The summed E-state index contributed by atoms with van der Waals surface area (Å²) in [5.74, 6) is -0.281. The summed E-state index contributed by atoms with van der Waals surface area (Å²) in [5.41, 5.74) is 0.690. The van der Waals surface area contributed by atoms with E-state index >= 15 is 0 Å². The highest BCUT2D eigenvalue weighted by Gasteiger charge is 2.25. The van der Waals surface area contributed by atoms with Crippen molar-refractivity contribution in [2.75, 3.05) is 0 Å². The van der Waals surface area contributed by atoms with Crippen molar-refractivity contribution in [3.63, 3.8) is 0 Å². The fraction of sp³-hybridized carbons (Fsp3) is 0.588. The number of hydrogen-bond acceptors (Lipinski definition) is 4. The fourth-order valence-electron chi connectivity index (χ4n) is 3.17. The van der Waals surface area contributed by atoms with Crippen LogP contribution in [0.5, 0.6) is 11.5 Å². The molecule has 2 unspecified atom stereocenters. The Bertz CT molecular complexity index is 511. The average Bonchev–Trinajstić information content (AvgIpc) is 2.52. The Morgan fingerprint density at radius 2 is 2.00 bits per heavy atom. The van der Waals surface area contributed by atoms with Crippen LogP contribution in [0.15, 0.2) is 18.2 Å². The van der Waals surface area contributed by atoms with Crippen LogP contribution in [0.2, 0.25) is 0 Å². The number of hydroxylamine groups is 2. The van der Waals surface area contributed by atoms with Gasteiger partial charge in [0, 0.05) is 18.9 Å². The van der Waals surface area contributed by atoms with Gasteiger partial charge in [0.2, 0.25) is 0 Å². The van der Waals surface area contributed by atoms with Crippen molar-refractivity contribution in [1.82, 2.24) is 0 Å². The molecule has 1 aliphatic carbocycles. The summed E-state index contributed by atoms with van der Waals surface area (Å²) in [6.07, 6.45) is 5.68. The van der Waals surface area contributed by atoms with E-state index in [0.29, 0.717) is 12.0 Å². The Kier molecular flexibility index (Phi) is 5.80. The number of phenols is 2. The maximum absolute atomic E-state index is 12.1. The third-order valence-corrected chi connectivity index (χ3v) is 4.60. The SMILES string of the molecule is CC(CCC(=O)[NH+]([O-])C1CCCCC1)c1ccc(O)cc1O. The number of carbonyl (C=O) groups is 1. The van der Waals surface area contributed by atoms with E-state index in [1.54, 1.807) is 6.07 Å². The van der Waals surface area contributed by atoms with Crippen LogP contribution in [0.4, 0.5) is 0 Å². The molecule has 1 amide bonds. The first-order valence-electron chi connectivity index (χ1n) is 8.08. The van der Waals surface area contributed by atoms with Gasteiger partial charge in [-0.3, -0.25) is 0 Å². The number of benzene rings is 1. The van der Waals surface area contributed by atoms with Crippen molar-refractivity contribution >= 4 is 5.91 Å². The second-order valence-electron chi connectivity index (χ2n) is 6.31. The molecule has 0 aliphatic heterocycles. The molecular formula is C17H25NO4. The van der Waals surface area contributed by atoms with Gasteiger partial charge < -0.3 is 20.5 Å². The highest BCUT2D eigenvalue weighted by atomic mass is 16.5. The van der Waals surface area contributed by atoms with Crippen molar-refractivity contribution in [3.05, 3.63) is 29.0 Å². The Hall–Kier alpha value is -1.59. The number of carbonyl (C=O) groups excluding carboxylic acids is 1. The quantitative estimate of drug-likeness (QED) is 0.728. The lowest BCUT2D eigenvalue weighted by Gasteiger charge is -2.32. The van der Waals surface area contributed by atoms with Crippen molar-refractivity contribution in [3.8, 4) is 11.5 Å². The molecule has 0 heterocycles. The van der Waals surface area contributed by atoms with E-state index in [2.05, 4.69) is 0 Å². The van der Waals surface area contributed by atoms with Gasteiger partial charge in [0.15, 0.2) is 0 Å². The van der Waals surface area contributed by atoms with E-state index in [1.165, 1.54) is 12.1 Å². The van der Waals surface area contributed by atoms with Crippen LogP contribution in [0.1, 0.15) is 63.4 Å². The van der Waals surface area contributed by atoms with E-state index < -0.39 is 0 Å². The van der Waals surface area contributed by atoms with Crippen LogP contribution in [-0.2, 0) is 4.79 Å². The van der Waals surface area contributed by atoms with Gasteiger partial charge in [0.25, 0.3) is 0 Å². The predicted molar refractivity (Wildman–Crippen MR) is 83.6 cm³/mol. The number of hydrogen-bond donors (Lipinski definition) is 3. The Morgan fingerprint density at radius 1 is 1.32 bits per heavy atom. The molecular weight excluding hydrogens is 282 g/mol. The Labute approximate surface area is 131 Å². The number of amides is 1. The molecule has 5 nitrogen and oxygen atoms in total. The molecule has 5 heteroatoms. The van der Waals surface area contributed by atoms with Gasteiger partial charge in [-0.15, -0.1) is 0 Å². The van der Waals surface area contributed by atoms with E-state index in [4.69, 9.17) is 0 Å². The lowest BCUT2D eigenvalue weighted by molar-refractivity contribution is -0.797. The zero-order valence-corrected chi connectivity index (χ0v) is 13.0. The third kappa shape index (κ3) is 4.21. The maximum atomic E-state index is 12.1. The van der Waals surface area contributed by atoms with Gasteiger partial charge in [0.05, 0.1) is 12.5 Å². The molecule has 2 rings (SSSR count). The molecule has 0 aromatic heterocycles. The van der Waals surface area contributed by atoms with E-state index in [1.807, 2.05) is 6.92 Å². The van der Waals surface area contributed by atoms with Gasteiger partial charge in [-0.05, 0) is 36.8 Å². The number of aromatic hydroxyl groups is 2. The minimum atomic E-state index is -0.281. The topological polar surface area (TPSA) is 85.0 Å². The normalized spacial score (nSPS) is 18.8. The zero-order valence-electron chi connectivity index (χ0n) is 13.0. The first-order chi connectivity index (χ1) is 10.5. The standard InChI is InChI=1S/C17H25NO4/c1-12(15-9-8-14(19)11-16(15)20)7-10-17(21)18(22)13-5-3-2-4-6-13/h8-9,11-13,18-20H,2-7,10H2,1H3. The minimum Gasteiger partial charge on any atom is -0.627 e. The summed E-state index contributed by atoms with van der Waals surface area (Å²) in [6, 6.07) is 4.39. The molecule has 0 spiro atoms. The van der Waals surface area contributed by atoms with Crippen LogP contribution >= 0.6 is 0 Å². The summed E-state index contributed by atoms with van der Waals surface area (Å²) in [4.78, 5) is 12.1. The average molecular weight is 307 g/mol. The fourth-order valence-corrected chi connectivity index (χ4v) is 3.17. The number of phenolic OH excluding ortho intramolecular Hbond substituents is 2. The summed E-state index contributed by atoms with van der Waals surface area (Å²) >= 11 is 0. The lowest BCUT2D eigenvalue weighted by atomic mass is 9.93. The number of rotatable bonds is 5. The highest BCUT2D eigenvalue weighted by Crippen LogP contribution is 2.31. The summed E-state index contributed by atoms with van der Waals surface area (Å²) < 4.78 is 0. The molecule has 0 bridgehead atoms. The highest BCUT2D eigenvalue weighted by molar-refractivity contribution is 5.67. The van der Waals surface area contributed by atoms with Gasteiger partial charge in [-0.1, -0.05) is 19.4 Å². The first-order valence-corrected chi connectivity index (χ1v) is 8.08. The van der Waals surface area contributed by atoms with Gasteiger partial charge in [-0.2, -0.15) is 0 Å². The predicted octanol–water partition coefficient (Wildman–Crippen LogP) is 2.22. The Balaban J connectivity index is 1.87. The van der Waals surface area contributed by atoms with Crippen LogP contribution in [0.3, 0.4) is 0 Å². The van der Waals surface area contributed by atoms with Gasteiger partial charge in [0.1, 0.15) is 11.5 Å². The number of nitrogens with one attached hydrogen (secondary N) is 1. The number of quaternary nitrogens is 1. The van der Waals surface area contributed by atoms with Crippen LogP contribution in [0.25, 0.3) is 0 Å². The molecule has 0 radical (unpaired) electrons. The largest absolute Gasteiger partial charge is 0.627 e. The summed E-state index contributed by atoms with van der Waals surface area (Å²) in [5, 5.41) is 31.0. The van der Waals surface area contributed by atoms with Crippen LogP contribution in [-0.4, -0.2) is 22.2 Å². The minimum absolute atomic E-state index is 0.0111. The first kappa shape index (κ1) is 16.8. The summed E-state index contributed by atoms with van der Waals surface area (Å²) in [7, 11) is 0. The van der Waals surface area contributed by atoms with Crippen LogP contribution < -0.4 is 5.06 Å². The molecule has 3 N–H and O–H groups in total. The molecule has 1 aromatic carbocycles. The zero-order chi connectivity index (χ0) is 16.1. The molecule has 22 heavy (non-hydrogen) atoms.